The number of allylic oxidation sites excluding steroid dienone is 10. The van der Waals surface area contributed by atoms with Gasteiger partial charge < -0.3 is 19.3 Å². The highest BCUT2D eigenvalue weighted by Crippen LogP contribution is 2.36. The summed E-state index contributed by atoms with van der Waals surface area (Å²) in [5.41, 5.74) is 0. The summed E-state index contributed by atoms with van der Waals surface area (Å²) in [5.74, 6) is -0.934. The Hall–Kier alpha value is -2.25. The van der Waals surface area contributed by atoms with Crippen molar-refractivity contribution in [2.45, 2.75) is 180 Å². The van der Waals surface area contributed by atoms with Crippen LogP contribution in [0.25, 0.3) is 0 Å². The minimum absolute atomic E-state index is 0.192. The van der Waals surface area contributed by atoms with Gasteiger partial charge in [0.05, 0.1) is 6.61 Å². The molecule has 0 heterocycles. The standard InChI is InChI=1S/C42H73O8P/c1-3-5-7-9-11-13-15-17-19-20-21-22-23-25-26-28-30-32-34-36-41(43)48-38-40(39-49-51(45,46)47)50-42(44)37-35-33-31-29-27-24-18-16-14-12-10-8-6-4-2/h11,13,16-19,21-22,25-26,40H,3-10,12,14-15,20,23-24,27-39H2,1-2H3,(H2,45,46,47)/b13-11-,18-16-,19-17-,22-21-,26-25-/t40-/m1/s1. The van der Waals surface area contributed by atoms with Gasteiger partial charge in [-0.25, -0.2) is 4.57 Å². The van der Waals surface area contributed by atoms with E-state index < -0.39 is 32.5 Å². The molecule has 0 aliphatic heterocycles. The lowest BCUT2D eigenvalue weighted by molar-refractivity contribution is -0.161. The zero-order chi connectivity index (χ0) is 37.5. The lowest BCUT2D eigenvalue weighted by Gasteiger charge is -2.18. The van der Waals surface area contributed by atoms with Crippen LogP contribution in [0.1, 0.15) is 174 Å². The second-order valence-electron chi connectivity index (χ2n) is 13.2. The van der Waals surface area contributed by atoms with E-state index >= 15 is 0 Å². The van der Waals surface area contributed by atoms with Gasteiger partial charge in [0.2, 0.25) is 0 Å². The van der Waals surface area contributed by atoms with Gasteiger partial charge in [0, 0.05) is 12.8 Å². The van der Waals surface area contributed by atoms with E-state index in [9.17, 15) is 14.2 Å². The fourth-order valence-electron chi connectivity index (χ4n) is 5.23. The third kappa shape index (κ3) is 40.4. The van der Waals surface area contributed by atoms with Crippen molar-refractivity contribution in [2.75, 3.05) is 13.2 Å². The van der Waals surface area contributed by atoms with Gasteiger partial charge in [-0.15, -0.1) is 0 Å². The molecule has 2 N–H and O–H groups in total. The summed E-state index contributed by atoms with van der Waals surface area (Å²) in [7, 11) is -4.76. The van der Waals surface area contributed by atoms with Gasteiger partial charge in [-0.1, -0.05) is 139 Å². The molecule has 0 aromatic carbocycles. The Morgan fingerprint density at radius 2 is 0.882 bits per heavy atom. The molecule has 0 aromatic heterocycles. The largest absolute Gasteiger partial charge is 0.469 e. The maximum absolute atomic E-state index is 12.4. The number of carbonyl (C=O) groups excluding carboxylic acids is 2. The SMILES string of the molecule is CCCCC/C=C\C/C=C\C/C=C\C/C=C\CCCCCC(=O)OC[C@H](COP(=O)(O)O)OC(=O)CCCCCCC/C=C\CCCCCCC. The predicted octanol–water partition coefficient (Wildman–Crippen LogP) is 12.1. The molecule has 0 saturated carbocycles. The number of esters is 2. The number of ether oxygens (including phenoxy) is 2. The molecule has 0 bridgehead atoms. The molecule has 0 rings (SSSR count). The van der Waals surface area contributed by atoms with E-state index in [2.05, 4.69) is 79.1 Å². The summed E-state index contributed by atoms with van der Waals surface area (Å²) in [4.78, 5) is 42.8. The van der Waals surface area contributed by atoms with Gasteiger partial charge in [0.15, 0.2) is 6.10 Å². The summed E-state index contributed by atoms with van der Waals surface area (Å²) in [5, 5.41) is 0. The van der Waals surface area contributed by atoms with Crippen LogP contribution in [0.5, 0.6) is 0 Å². The second kappa shape index (κ2) is 37.5. The van der Waals surface area contributed by atoms with E-state index in [-0.39, 0.29) is 19.4 Å². The molecule has 0 aromatic rings. The lowest BCUT2D eigenvalue weighted by Crippen LogP contribution is -2.29. The zero-order valence-electron chi connectivity index (χ0n) is 32.2. The molecule has 0 unspecified atom stereocenters. The molecule has 0 amide bonds. The normalized spacial score (nSPS) is 13.1. The van der Waals surface area contributed by atoms with E-state index in [1.807, 2.05) is 0 Å². The van der Waals surface area contributed by atoms with E-state index in [1.165, 1.54) is 64.2 Å². The molecule has 1 atom stereocenters. The van der Waals surface area contributed by atoms with Gasteiger partial charge in [0.1, 0.15) is 6.61 Å². The van der Waals surface area contributed by atoms with Crippen molar-refractivity contribution in [1.82, 2.24) is 0 Å². The second-order valence-corrected chi connectivity index (χ2v) is 14.5. The number of hydrogen-bond acceptors (Lipinski definition) is 6. The Balaban J connectivity index is 4.03. The van der Waals surface area contributed by atoms with E-state index in [0.717, 1.165) is 70.6 Å². The van der Waals surface area contributed by atoms with Crippen LogP contribution in [0.2, 0.25) is 0 Å². The highest BCUT2D eigenvalue weighted by Gasteiger charge is 2.22. The molecule has 0 aliphatic rings. The maximum atomic E-state index is 12.4. The van der Waals surface area contributed by atoms with Gasteiger partial charge in [0.25, 0.3) is 0 Å². The quantitative estimate of drug-likeness (QED) is 0.0282. The van der Waals surface area contributed by atoms with Crippen LogP contribution in [0.4, 0.5) is 0 Å². The first kappa shape index (κ1) is 48.8. The average molecular weight is 737 g/mol. The number of carbonyl (C=O) groups is 2. The predicted molar refractivity (Wildman–Crippen MR) is 211 cm³/mol. The molecule has 9 heteroatoms. The topological polar surface area (TPSA) is 119 Å². The van der Waals surface area contributed by atoms with Crippen LogP contribution in [0.3, 0.4) is 0 Å². The summed E-state index contributed by atoms with van der Waals surface area (Å²) >= 11 is 0. The summed E-state index contributed by atoms with van der Waals surface area (Å²) in [6.45, 7) is 3.60. The number of phosphoric acid groups is 1. The molecule has 51 heavy (non-hydrogen) atoms. The summed E-state index contributed by atoms with van der Waals surface area (Å²) in [6.07, 6.45) is 46.5. The van der Waals surface area contributed by atoms with Crippen LogP contribution in [-0.2, 0) is 28.2 Å². The zero-order valence-corrected chi connectivity index (χ0v) is 33.1. The molecule has 8 nitrogen and oxygen atoms in total. The summed E-state index contributed by atoms with van der Waals surface area (Å²) < 4.78 is 26.3. The number of phosphoric ester groups is 1. The van der Waals surface area contributed by atoms with Crippen LogP contribution in [0, 0.1) is 0 Å². The van der Waals surface area contributed by atoms with Crippen molar-refractivity contribution in [1.29, 1.82) is 0 Å². The highest BCUT2D eigenvalue weighted by molar-refractivity contribution is 7.46. The van der Waals surface area contributed by atoms with Crippen molar-refractivity contribution in [3.05, 3.63) is 60.8 Å². The Morgan fingerprint density at radius 1 is 0.510 bits per heavy atom. The number of unbranched alkanes of at least 4 members (excludes halogenated alkanes) is 16. The Kier molecular flexibility index (Phi) is 35.9. The molecule has 0 radical (unpaired) electrons. The van der Waals surface area contributed by atoms with Gasteiger partial charge in [-0.3, -0.25) is 14.1 Å². The first-order valence-corrected chi connectivity index (χ1v) is 21.6. The van der Waals surface area contributed by atoms with Crippen molar-refractivity contribution in [2.24, 2.45) is 0 Å². The Labute approximate surface area is 311 Å². The van der Waals surface area contributed by atoms with E-state index in [4.69, 9.17) is 19.3 Å². The van der Waals surface area contributed by atoms with Crippen LogP contribution in [0.15, 0.2) is 60.8 Å². The van der Waals surface area contributed by atoms with Crippen molar-refractivity contribution >= 4 is 19.8 Å². The molecule has 0 saturated heterocycles. The highest BCUT2D eigenvalue weighted by atomic mass is 31.2. The first-order valence-electron chi connectivity index (χ1n) is 20.1. The van der Waals surface area contributed by atoms with Gasteiger partial charge in [-0.05, 0) is 83.5 Å². The number of hydrogen-bond donors (Lipinski definition) is 2. The van der Waals surface area contributed by atoms with E-state index in [1.54, 1.807) is 0 Å². The molecule has 0 spiro atoms. The first-order chi connectivity index (χ1) is 24.8. The molecule has 0 aliphatic carbocycles. The third-order valence-corrected chi connectivity index (χ3v) is 8.74. The van der Waals surface area contributed by atoms with Crippen molar-refractivity contribution in [3.8, 4) is 0 Å². The van der Waals surface area contributed by atoms with Crippen LogP contribution in [-0.4, -0.2) is 41.0 Å². The van der Waals surface area contributed by atoms with Gasteiger partial charge >= 0.3 is 19.8 Å². The minimum Gasteiger partial charge on any atom is -0.462 e. The molecular formula is C42H73O8P. The molecular weight excluding hydrogens is 663 g/mol. The monoisotopic (exact) mass is 737 g/mol. The fraction of sp³-hybridized carbons (Fsp3) is 0.714. The van der Waals surface area contributed by atoms with Gasteiger partial charge in [-0.2, -0.15) is 0 Å². The Morgan fingerprint density at radius 3 is 1.39 bits per heavy atom. The molecule has 0 fully saturated rings. The number of rotatable bonds is 36. The third-order valence-electron chi connectivity index (χ3n) is 8.26. The van der Waals surface area contributed by atoms with Crippen LogP contribution < -0.4 is 0 Å². The Bertz CT molecular complexity index is 1010. The maximum Gasteiger partial charge on any atom is 0.469 e. The smallest absolute Gasteiger partial charge is 0.462 e. The van der Waals surface area contributed by atoms with Crippen molar-refractivity contribution in [3.63, 3.8) is 0 Å². The summed E-state index contributed by atoms with van der Waals surface area (Å²) in [6, 6.07) is 0. The fourth-order valence-corrected chi connectivity index (χ4v) is 5.59. The van der Waals surface area contributed by atoms with Crippen LogP contribution >= 0.6 is 7.82 Å². The minimum atomic E-state index is -4.76. The molecule has 294 valence electrons. The average Bonchev–Trinajstić information content (AvgIpc) is 3.10. The van der Waals surface area contributed by atoms with Crippen molar-refractivity contribution < 1.29 is 37.9 Å². The van der Waals surface area contributed by atoms with E-state index in [0.29, 0.717) is 12.8 Å². The lowest BCUT2D eigenvalue weighted by atomic mass is 10.1.